The van der Waals surface area contributed by atoms with Crippen LogP contribution in [0, 0.1) is 10.1 Å². The Morgan fingerprint density at radius 1 is 1.48 bits per heavy atom. The summed E-state index contributed by atoms with van der Waals surface area (Å²) in [6.45, 7) is 5.67. The van der Waals surface area contributed by atoms with E-state index in [1.54, 1.807) is 20.8 Å². The van der Waals surface area contributed by atoms with Crippen LogP contribution < -0.4 is 0 Å². The molecule has 11 heteroatoms. The molecule has 0 spiro atoms. The maximum absolute atomic E-state index is 13.3. The molecule has 0 radical (unpaired) electrons. The maximum Gasteiger partial charge on any atom is 0.408 e. The van der Waals surface area contributed by atoms with E-state index >= 15 is 0 Å². The van der Waals surface area contributed by atoms with E-state index in [0.717, 1.165) is 6.20 Å². The largest absolute Gasteiger partial charge is 0.465 e. The lowest BCUT2D eigenvalue weighted by Gasteiger charge is -2.39. The number of pyridine rings is 1. The van der Waals surface area contributed by atoms with Gasteiger partial charge in [-0.2, -0.15) is 18.6 Å². The van der Waals surface area contributed by atoms with E-state index in [2.05, 4.69) is 16.7 Å². The van der Waals surface area contributed by atoms with Gasteiger partial charge in [-0.15, -0.1) is 6.58 Å². The van der Waals surface area contributed by atoms with E-state index in [1.807, 2.05) is 0 Å². The summed E-state index contributed by atoms with van der Waals surface area (Å²) in [5.74, 6) is 0. The minimum Gasteiger partial charge on any atom is -0.465 e. The van der Waals surface area contributed by atoms with Gasteiger partial charge < -0.3 is 5.11 Å². The Labute approximate surface area is 165 Å². The van der Waals surface area contributed by atoms with Crippen LogP contribution in [-0.4, -0.2) is 41.3 Å². The minimum atomic E-state index is -3.09. The molecule has 1 amide bonds. The number of alkyl halides is 2. The fraction of sp³-hybridized carbons (Fsp3) is 0.389. The van der Waals surface area contributed by atoms with Crippen LogP contribution in [0.15, 0.2) is 37.2 Å². The van der Waals surface area contributed by atoms with Gasteiger partial charge in [-0.25, -0.2) is 4.79 Å². The van der Waals surface area contributed by atoms with Gasteiger partial charge in [0.05, 0.1) is 16.7 Å². The second-order valence-corrected chi connectivity index (χ2v) is 7.19. The highest BCUT2D eigenvalue weighted by molar-refractivity contribution is 5.70. The van der Waals surface area contributed by atoms with Crippen LogP contribution in [0.4, 0.5) is 19.3 Å². The van der Waals surface area contributed by atoms with Gasteiger partial charge in [0, 0.05) is 17.3 Å². The van der Waals surface area contributed by atoms with Gasteiger partial charge in [0.25, 0.3) is 0 Å². The molecule has 0 fully saturated rings. The van der Waals surface area contributed by atoms with Gasteiger partial charge >= 0.3 is 18.3 Å². The number of nitrogens with zero attached hydrogens (tertiary/aromatic N) is 5. The second kappa shape index (κ2) is 8.33. The summed E-state index contributed by atoms with van der Waals surface area (Å²) in [6.07, 6.45) is 2.57. The van der Waals surface area contributed by atoms with E-state index < -0.39 is 34.8 Å². The van der Waals surface area contributed by atoms with Crippen molar-refractivity contribution in [1.82, 2.24) is 19.7 Å². The molecule has 0 saturated heterocycles. The average molecular weight is 409 g/mol. The number of aromatic nitrogens is 3. The standard InChI is InChI=1S/C18H21F2N5O4/c1-5-6-13(23(17(26)27)18(2,3)4)12-9-11(7-8-21-12)15-14(25(28)29)10-22-24(15)16(19)20/h5,7-10,13,16H,1,6H2,2-4H3,(H,26,27)/t13-/m0/s1. The van der Waals surface area contributed by atoms with Crippen molar-refractivity contribution in [2.24, 2.45) is 0 Å². The Morgan fingerprint density at radius 2 is 2.14 bits per heavy atom. The first-order valence-corrected chi connectivity index (χ1v) is 8.58. The summed E-state index contributed by atoms with van der Waals surface area (Å²) in [4.78, 5) is 27.7. The molecule has 0 aliphatic carbocycles. The van der Waals surface area contributed by atoms with Crippen molar-refractivity contribution in [3.05, 3.63) is 53.0 Å². The van der Waals surface area contributed by atoms with Crippen molar-refractivity contribution < 1.29 is 23.6 Å². The number of hydrogen-bond acceptors (Lipinski definition) is 5. The van der Waals surface area contributed by atoms with E-state index in [0.29, 0.717) is 0 Å². The number of rotatable bonds is 7. The van der Waals surface area contributed by atoms with Crippen LogP contribution in [0.2, 0.25) is 0 Å². The predicted octanol–water partition coefficient (Wildman–Crippen LogP) is 4.64. The number of nitro groups is 1. The van der Waals surface area contributed by atoms with E-state index in [9.17, 15) is 28.8 Å². The molecule has 0 saturated carbocycles. The molecule has 2 heterocycles. The molecule has 0 unspecified atom stereocenters. The third-order valence-electron chi connectivity index (χ3n) is 4.18. The molecule has 2 rings (SSSR count). The summed E-state index contributed by atoms with van der Waals surface area (Å²) in [6, 6.07) is 1.92. The highest BCUT2D eigenvalue weighted by atomic mass is 19.3. The van der Waals surface area contributed by atoms with E-state index in [4.69, 9.17) is 0 Å². The van der Waals surface area contributed by atoms with E-state index in [1.165, 1.54) is 29.3 Å². The number of carboxylic acid groups (broad SMARTS) is 1. The molecule has 0 aliphatic heterocycles. The van der Waals surface area contributed by atoms with Gasteiger partial charge in [-0.3, -0.25) is 20.0 Å². The summed E-state index contributed by atoms with van der Waals surface area (Å²) in [5.41, 5.74) is -1.45. The molecule has 156 valence electrons. The zero-order valence-electron chi connectivity index (χ0n) is 16.1. The molecule has 1 N–H and O–H groups in total. The van der Waals surface area contributed by atoms with Crippen molar-refractivity contribution >= 4 is 11.8 Å². The summed E-state index contributed by atoms with van der Waals surface area (Å²) in [7, 11) is 0. The summed E-state index contributed by atoms with van der Waals surface area (Å²) in [5, 5.41) is 24.4. The highest BCUT2D eigenvalue weighted by Crippen LogP contribution is 2.36. The first-order valence-electron chi connectivity index (χ1n) is 8.58. The highest BCUT2D eigenvalue weighted by Gasteiger charge is 2.35. The lowest BCUT2D eigenvalue weighted by atomic mass is 9.98. The molecule has 0 bridgehead atoms. The van der Waals surface area contributed by atoms with Crippen LogP contribution >= 0.6 is 0 Å². The maximum atomic E-state index is 13.3. The van der Waals surface area contributed by atoms with Gasteiger partial charge in [-0.05, 0) is 39.3 Å². The molecule has 2 aromatic rings. The molecular weight excluding hydrogens is 388 g/mol. The number of carbonyl (C=O) groups is 1. The lowest BCUT2D eigenvalue weighted by molar-refractivity contribution is -0.384. The Morgan fingerprint density at radius 3 is 2.62 bits per heavy atom. The zero-order valence-corrected chi connectivity index (χ0v) is 16.1. The summed E-state index contributed by atoms with van der Waals surface area (Å²) < 4.78 is 26.9. The van der Waals surface area contributed by atoms with E-state index in [-0.39, 0.29) is 28.1 Å². The van der Waals surface area contributed by atoms with Crippen molar-refractivity contribution in [2.75, 3.05) is 0 Å². The fourth-order valence-corrected chi connectivity index (χ4v) is 3.10. The Balaban J connectivity index is 2.66. The quantitative estimate of drug-likeness (QED) is 0.405. The van der Waals surface area contributed by atoms with Gasteiger partial charge in [0.1, 0.15) is 6.20 Å². The Hall–Kier alpha value is -3.37. The van der Waals surface area contributed by atoms with Crippen molar-refractivity contribution in [3.63, 3.8) is 0 Å². The smallest absolute Gasteiger partial charge is 0.408 e. The van der Waals surface area contributed by atoms with Crippen LogP contribution in [0.3, 0.4) is 0 Å². The predicted molar refractivity (Wildman–Crippen MR) is 101 cm³/mol. The van der Waals surface area contributed by atoms with Crippen molar-refractivity contribution in [3.8, 4) is 11.3 Å². The normalized spacial score (nSPS) is 12.6. The SMILES string of the molecule is C=CC[C@@H](c1cc(-c2c([N+](=O)[O-])cnn2C(F)F)ccn1)N(C(=O)O)C(C)(C)C. The van der Waals surface area contributed by atoms with Gasteiger partial charge in [0.15, 0.2) is 5.69 Å². The molecule has 0 aliphatic rings. The van der Waals surface area contributed by atoms with Gasteiger partial charge in [0.2, 0.25) is 0 Å². The zero-order chi connectivity index (χ0) is 21.9. The fourth-order valence-electron chi connectivity index (χ4n) is 3.10. The van der Waals surface area contributed by atoms with Crippen molar-refractivity contribution in [1.29, 1.82) is 0 Å². The average Bonchev–Trinajstić information content (AvgIpc) is 3.05. The van der Waals surface area contributed by atoms with Crippen LogP contribution in [-0.2, 0) is 0 Å². The third-order valence-corrected chi connectivity index (χ3v) is 4.18. The monoisotopic (exact) mass is 409 g/mol. The molecule has 1 atom stereocenters. The molecule has 0 aromatic carbocycles. The number of halogens is 2. The van der Waals surface area contributed by atoms with Crippen molar-refractivity contribution in [2.45, 2.75) is 45.3 Å². The summed E-state index contributed by atoms with van der Waals surface area (Å²) >= 11 is 0. The first-order chi connectivity index (χ1) is 13.5. The molecule has 2 aromatic heterocycles. The molecule has 9 nitrogen and oxygen atoms in total. The molecular formula is C18H21F2N5O4. The van der Waals surface area contributed by atoms with Gasteiger partial charge in [-0.1, -0.05) is 6.08 Å². The second-order valence-electron chi connectivity index (χ2n) is 7.19. The number of amides is 1. The Kier molecular flexibility index (Phi) is 6.30. The topological polar surface area (TPSA) is 114 Å². The van der Waals surface area contributed by atoms with Crippen LogP contribution in [0.1, 0.15) is 45.5 Å². The number of hydrogen-bond donors (Lipinski definition) is 1. The third kappa shape index (κ3) is 4.55. The van der Waals surface area contributed by atoms with Crippen LogP contribution in [0.5, 0.6) is 0 Å². The molecule has 29 heavy (non-hydrogen) atoms. The first kappa shape index (κ1) is 21.9. The minimum absolute atomic E-state index is 0.0767. The van der Waals surface area contributed by atoms with Crippen LogP contribution in [0.25, 0.3) is 11.3 Å². The lowest BCUT2D eigenvalue weighted by Crippen LogP contribution is -2.47. The Bertz CT molecular complexity index is 923.